The number of piperazine rings is 1. The van der Waals surface area contributed by atoms with Gasteiger partial charge in [0.15, 0.2) is 5.82 Å². The van der Waals surface area contributed by atoms with E-state index in [9.17, 15) is 4.79 Å². The summed E-state index contributed by atoms with van der Waals surface area (Å²) in [5.74, 6) is 0.679. The van der Waals surface area contributed by atoms with Crippen LogP contribution >= 0.6 is 0 Å². The molecule has 0 bridgehead atoms. The molecular formula is C30H31N7O. The smallest absolute Gasteiger partial charge is 0.253 e. The minimum absolute atomic E-state index is 0.105. The van der Waals surface area contributed by atoms with Gasteiger partial charge in [0.25, 0.3) is 5.56 Å². The molecule has 5 aromatic rings. The highest BCUT2D eigenvalue weighted by atomic mass is 16.1. The predicted molar refractivity (Wildman–Crippen MR) is 149 cm³/mol. The number of H-pyrrole nitrogens is 1. The van der Waals surface area contributed by atoms with E-state index < -0.39 is 0 Å². The molecule has 0 aliphatic carbocycles. The van der Waals surface area contributed by atoms with E-state index in [2.05, 4.69) is 85.8 Å². The summed E-state index contributed by atoms with van der Waals surface area (Å²) in [6, 6.07) is 28.5. The van der Waals surface area contributed by atoms with E-state index in [-0.39, 0.29) is 11.6 Å². The normalized spacial score (nSPS) is 15.1. The van der Waals surface area contributed by atoms with Gasteiger partial charge in [-0.3, -0.25) is 9.69 Å². The van der Waals surface area contributed by atoms with Gasteiger partial charge in [0.2, 0.25) is 0 Å². The Morgan fingerprint density at radius 3 is 2.34 bits per heavy atom. The quantitative estimate of drug-likeness (QED) is 0.360. The maximum Gasteiger partial charge on any atom is 0.253 e. The Labute approximate surface area is 221 Å². The molecule has 1 aliphatic rings. The van der Waals surface area contributed by atoms with Gasteiger partial charge in [-0.15, -0.1) is 5.10 Å². The Kier molecular flexibility index (Phi) is 6.71. The van der Waals surface area contributed by atoms with Crippen LogP contribution in [0.25, 0.3) is 10.9 Å². The molecule has 1 fully saturated rings. The van der Waals surface area contributed by atoms with Gasteiger partial charge in [-0.25, -0.2) is 4.68 Å². The number of anilines is 1. The highest BCUT2D eigenvalue weighted by Gasteiger charge is 2.32. The molecule has 0 amide bonds. The topological polar surface area (TPSA) is 82.9 Å². The van der Waals surface area contributed by atoms with Gasteiger partial charge in [-0.2, -0.15) is 0 Å². The fourth-order valence-corrected chi connectivity index (χ4v) is 5.35. The van der Waals surface area contributed by atoms with Crippen molar-refractivity contribution in [1.29, 1.82) is 0 Å². The fourth-order valence-electron chi connectivity index (χ4n) is 5.35. The van der Waals surface area contributed by atoms with E-state index in [1.807, 2.05) is 41.1 Å². The molecule has 0 radical (unpaired) electrons. The number of rotatable bonds is 7. The first-order valence-electron chi connectivity index (χ1n) is 13.2. The molecule has 1 N–H and O–H groups in total. The van der Waals surface area contributed by atoms with Crippen LogP contribution in [0.3, 0.4) is 0 Å². The van der Waals surface area contributed by atoms with Gasteiger partial charge in [0, 0.05) is 42.9 Å². The lowest BCUT2D eigenvalue weighted by Gasteiger charge is -2.39. The Balaban J connectivity index is 1.40. The largest absolute Gasteiger partial charge is 0.369 e. The number of benzene rings is 3. The van der Waals surface area contributed by atoms with Gasteiger partial charge in [0.1, 0.15) is 6.04 Å². The standard InChI is InChI=1S/C30H31N7O/c1-2-22-13-14-27-24(19-22)20-26(30(38)31-27)28(29-32-33-34-37(29)21-23-9-5-3-6-10-23)36-17-15-35(16-18-36)25-11-7-4-8-12-25/h3-14,19-20,28H,2,15-18,21H2,1H3,(H,31,38). The minimum Gasteiger partial charge on any atom is -0.369 e. The number of hydrogen-bond acceptors (Lipinski definition) is 6. The van der Waals surface area contributed by atoms with Crippen molar-refractivity contribution in [1.82, 2.24) is 30.1 Å². The average molecular weight is 506 g/mol. The Morgan fingerprint density at radius 2 is 1.61 bits per heavy atom. The van der Waals surface area contributed by atoms with Crippen molar-refractivity contribution in [2.75, 3.05) is 31.1 Å². The summed E-state index contributed by atoms with van der Waals surface area (Å²) in [5, 5.41) is 13.9. The summed E-state index contributed by atoms with van der Waals surface area (Å²) in [6.45, 7) is 5.95. The van der Waals surface area contributed by atoms with Crippen LogP contribution < -0.4 is 10.5 Å². The van der Waals surface area contributed by atoms with Crippen LogP contribution in [0.5, 0.6) is 0 Å². The summed E-state index contributed by atoms with van der Waals surface area (Å²) in [4.78, 5) is 21.4. The van der Waals surface area contributed by atoms with Crippen molar-refractivity contribution < 1.29 is 0 Å². The Hall–Kier alpha value is -4.30. The number of nitrogens with one attached hydrogen (secondary N) is 1. The second-order valence-corrected chi connectivity index (χ2v) is 9.77. The maximum atomic E-state index is 13.6. The van der Waals surface area contributed by atoms with E-state index in [4.69, 9.17) is 0 Å². The highest BCUT2D eigenvalue weighted by molar-refractivity contribution is 5.80. The van der Waals surface area contributed by atoms with Crippen LogP contribution in [-0.4, -0.2) is 56.3 Å². The lowest BCUT2D eigenvalue weighted by Crippen LogP contribution is -2.49. The van der Waals surface area contributed by atoms with E-state index >= 15 is 0 Å². The molecule has 0 spiro atoms. The zero-order chi connectivity index (χ0) is 25.9. The zero-order valence-electron chi connectivity index (χ0n) is 21.5. The first-order chi connectivity index (χ1) is 18.7. The van der Waals surface area contributed by atoms with Gasteiger partial charge < -0.3 is 9.88 Å². The third-order valence-electron chi connectivity index (χ3n) is 7.42. The molecular weight excluding hydrogens is 474 g/mol. The number of para-hydroxylation sites is 1. The van der Waals surface area contributed by atoms with Crippen molar-refractivity contribution >= 4 is 16.6 Å². The van der Waals surface area contributed by atoms with Crippen LogP contribution in [-0.2, 0) is 13.0 Å². The van der Waals surface area contributed by atoms with Crippen LogP contribution in [0.15, 0.2) is 89.7 Å². The lowest BCUT2D eigenvalue weighted by molar-refractivity contribution is 0.200. The van der Waals surface area contributed by atoms with Gasteiger partial charge in [-0.05, 0) is 63.7 Å². The van der Waals surface area contributed by atoms with Crippen LogP contribution in [0.4, 0.5) is 5.69 Å². The van der Waals surface area contributed by atoms with E-state index in [1.165, 1.54) is 11.3 Å². The van der Waals surface area contributed by atoms with Crippen LogP contribution in [0.2, 0.25) is 0 Å². The van der Waals surface area contributed by atoms with E-state index in [1.54, 1.807) is 0 Å². The molecule has 8 heteroatoms. The maximum absolute atomic E-state index is 13.6. The number of fused-ring (bicyclic) bond motifs is 1. The molecule has 1 atom stereocenters. The zero-order valence-corrected chi connectivity index (χ0v) is 21.5. The fraction of sp³-hybridized carbons (Fsp3) is 0.267. The molecule has 1 aliphatic heterocycles. The number of pyridine rings is 1. The monoisotopic (exact) mass is 505 g/mol. The molecule has 192 valence electrons. The molecule has 3 heterocycles. The molecule has 0 saturated carbocycles. The van der Waals surface area contributed by atoms with Crippen LogP contribution in [0.1, 0.15) is 35.5 Å². The third-order valence-corrected chi connectivity index (χ3v) is 7.42. The number of aromatic nitrogens is 5. The van der Waals surface area contributed by atoms with Crippen molar-refractivity contribution in [3.8, 4) is 0 Å². The Bertz CT molecular complexity index is 1570. The molecule has 8 nitrogen and oxygen atoms in total. The Morgan fingerprint density at radius 1 is 0.868 bits per heavy atom. The van der Waals surface area contributed by atoms with Crippen molar-refractivity contribution in [2.45, 2.75) is 25.9 Å². The summed E-state index contributed by atoms with van der Waals surface area (Å²) >= 11 is 0. The highest BCUT2D eigenvalue weighted by Crippen LogP contribution is 2.29. The van der Waals surface area contributed by atoms with E-state index in [0.717, 1.165) is 49.1 Å². The minimum atomic E-state index is -0.370. The predicted octanol–water partition coefficient (Wildman–Crippen LogP) is 4.04. The number of hydrogen-bond donors (Lipinski definition) is 1. The lowest BCUT2D eigenvalue weighted by atomic mass is 10.0. The molecule has 3 aromatic carbocycles. The first-order valence-corrected chi connectivity index (χ1v) is 13.2. The van der Waals surface area contributed by atoms with E-state index in [0.29, 0.717) is 17.9 Å². The molecule has 1 unspecified atom stereocenters. The summed E-state index contributed by atoms with van der Waals surface area (Å²) in [6.07, 6.45) is 0.935. The van der Waals surface area contributed by atoms with Crippen molar-refractivity contribution in [2.24, 2.45) is 0 Å². The number of tetrazole rings is 1. The summed E-state index contributed by atoms with van der Waals surface area (Å²) in [7, 11) is 0. The SMILES string of the molecule is CCc1ccc2[nH]c(=O)c(C(c3nnnn3Cc3ccccc3)N3CCN(c4ccccc4)CC3)cc2c1. The van der Waals surface area contributed by atoms with Gasteiger partial charge >= 0.3 is 0 Å². The van der Waals surface area contributed by atoms with Crippen molar-refractivity contribution in [3.63, 3.8) is 0 Å². The van der Waals surface area contributed by atoms with Crippen molar-refractivity contribution in [3.05, 3.63) is 118 Å². The first kappa shape index (κ1) is 24.1. The molecule has 1 saturated heterocycles. The van der Waals surface area contributed by atoms with Gasteiger partial charge in [0.05, 0.1) is 6.54 Å². The second-order valence-electron chi connectivity index (χ2n) is 9.77. The van der Waals surface area contributed by atoms with Gasteiger partial charge in [-0.1, -0.05) is 61.5 Å². The molecule has 6 rings (SSSR count). The second kappa shape index (κ2) is 10.6. The molecule has 38 heavy (non-hydrogen) atoms. The summed E-state index contributed by atoms with van der Waals surface area (Å²) < 4.78 is 1.83. The number of aromatic amines is 1. The summed E-state index contributed by atoms with van der Waals surface area (Å²) in [5.41, 5.74) is 4.96. The number of aryl methyl sites for hydroxylation is 1. The average Bonchev–Trinajstić information content (AvgIpc) is 3.42. The number of nitrogens with zero attached hydrogens (tertiary/aromatic N) is 6. The molecule has 2 aromatic heterocycles. The third kappa shape index (κ3) is 4.82. The van der Waals surface area contributed by atoms with Crippen LogP contribution in [0, 0.1) is 0 Å².